The predicted molar refractivity (Wildman–Crippen MR) is 124 cm³/mol. The summed E-state index contributed by atoms with van der Waals surface area (Å²) in [4.78, 5) is 16.7. The maximum Gasteiger partial charge on any atom is 0.240 e. The monoisotopic (exact) mass is 427 g/mol. The summed E-state index contributed by atoms with van der Waals surface area (Å²) in [5.41, 5.74) is 2.10. The molecule has 5 aromatic rings. The van der Waals surface area contributed by atoms with Crippen molar-refractivity contribution in [3.8, 4) is 0 Å². The summed E-state index contributed by atoms with van der Waals surface area (Å²) in [7, 11) is 0. The molecule has 162 valence electrons. The third-order valence-corrected chi connectivity index (χ3v) is 5.85. The summed E-state index contributed by atoms with van der Waals surface area (Å²) in [6.07, 6.45) is 4.10. The quantitative estimate of drug-likeness (QED) is 0.328. The van der Waals surface area contributed by atoms with E-state index in [2.05, 4.69) is 21.7 Å². The molecular weight excluding hydrogens is 402 g/mol. The molecule has 0 bridgehead atoms. The number of benzene rings is 2. The molecule has 2 aromatic carbocycles. The first-order valence-electron chi connectivity index (χ1n) is 10.7. The van der Waals surface area contributed by atoms with Crippen LogP contribution < -0.4 is 10.6 Å². The topological polar surface area (TPSA) is 83.2 Å². The number of aromatic amines is 1. The zero-order valence-electron chi connectivity index (χ0n) is 17.9. The van der Waals surface area contributed by atoms with Gasteiger partial charge in [-0.15, -0.1) is 0 Å². The van der Waals surface area contributed by atoms with E-state index in [1.165, 1.54) is 0 Å². The van der Waals surface area contributed by atoms with Crippen molar-refractivity contribution in [2.75, 3.05) is 0 Å². The Morgan fingerprint density at radius 2 is 1.84 bits per heavy atom. The van der Waals surface area contributed by atoms with Crippen molar-refractivity contribution in [1.82, 2.24) is 15.6 Å². The minimum atomic E-state index is -0.865. The molecule has 3 N–H and O–H groups in total. The highest BCUT2D eigenvalue weighted by Crippen LogP contribution is 2.24. The molecule has 1 atom stereocenters. The van der Waals surface area contributed by atoms with E-state index in [1.807, 2.05) is 73.8 Å². The number of aromatic nitrogens is 1. The van der Waals surface area contributed by atoms with Crippen LogP contribution in [0.5, 0.6) is 0 Å². The predicted octanol–water partition coefficient (Wildman–Crippen LogP) is 4.91. The molecule has 1 amide bonds. The van der Waals surface area contributed by atoms with Crippen LogP contribution in [0.4, 0.5) is 0 Å². The molecule has 6 heteroatoms. The average molecular weight is 428 g/mol. The molecule has 0 saturated heterocycles. The van der Waals surface area contributed by atoms with Crippen molar-refractivity contribution >= 4 is 27.8 Å². The molecule has 3 aromatic heterocycles. The molecule has 0 aliphatic carbocycles. The summed E-state index contributed by atoms with van der Waals surface area (Å²) >= 11 is 0. The molecule has 0 spiro atoms. The van der Waals surface area contributed by atoms with Crippen LogP contribution in [0.3, 0.4) is 0 Å². The van der Waals surface area contributed by atoms with Crippen molar-refractivity contribution < 1.29 is 13.6 Å². The van der Waals surface area contributed by atoms with Crippen LogP contribution in [0, 0.1) is 0 Å². The Kier molecular flexibility index (Phi) is 5.29. The number of hydrogen-bond donors (Lipinski definition) is 3. The van der Waals surface area contributed by atoms with Gasteiger partial charge in [-0.3, -0.25) is 10.1 Å². The van der Waals surface area contributed by atoms with E-state index < -0.39 is 5.54 Å². The highest BCUT2D eigenvalue weighted by atomic mass is 16.3. The number of nitrogens with one attached hydrogen (secondary N) is 3. The highest BCUT2D eigenvalue weighted by Gasteiger charge is 2.34. The van der Waals surface area contributed by atoms with Crippen molar-refractivity contribution in [2.45, 2.75) is 32.0 Å². The lowest BCUT2D eigenvalue weighted by atomic mass is 9.91. The SMILES string of the molecule is CC(Cc1c[nH]c2ccccc12)(NCc1cc2ccccc2o1)C(=O)NCc1ccco1. The van der Waals surface area contributed by atoms with Gasteiger partial charge in [0.15, 0.2) is 0 Å². The fourth-order valence-corrected chi connectivity index (χ4v) is 4.06. The van der Waals surface area contributed by atoms with E-state index in [9.17, 15) is 4.79 Å². The zero-order chi connectivity index (χ0) is 22.0. The number of carbonyl (C=O) groups excluding carboxylic acids is 1. The minimum absolute atomic E-state index is 0.102. The van der Waals surface area contributed by atoms with Crippen LogP contribution in [0.1, 0.15) is 24.0 Å². The van der Waals surface area contributed by atoms with Crippen LogP contribution in [0.2, 0.25) is 0 Å². The van der Waals surface area contributed by atoms with Crippen LogP contribution in [0.15, 0.2) is 88.0 Å². The van der Waals surface area contributed by atoms with Gasteiger partial charge in [0.05, 0.1) is 24.9 Å². The molecule has 0 aliphatic rings. The van der Waals surface area contributed by atoms with Crippen molar-refractivity contribution in [1.29, 1.82) is 0 Å². The van der Waals surface area contributed by atoms with Gasteiger partial charge >= 0.3 is 0 Å². The minimum Gasteiger partial charge on any atom is -0.467 e. The molecular formula is C26H25N3O3. The third-order valence-electron chi connectivity index (χ3n) is 5.85. The van der Waals surface area contributed by atoms with E-state index in [0.717, 1.165) is 33.2 Å². The second-order valence-electron chi connectivity index (χ2n) is 8.23. The number of furan rings is 2. The van der Waals surface area contributed by atoms with Crippen LogP contribution in [0.25, 0.3) is 21.9 Å². The molecule has 1 unspecified atom stereocenters. The molecule has 0 radical (unpaired) electrons. The van der Waals surface area contributed by atoms with Gasteiger partial charge in [-0.05, 0) is 42.8 Å². The molecule has 3 heterocycles. The van der Waals surface area contributed by atoms with E-state index in [4.69, 9.17) is 8.83 Å². The Bertz CT molecular complexity index is 1320. The Morgan fingerprint density at radius 3 is 2.69 bits per heavy atom. The smallest absolute Gasteiger partial charge is 0.240 e. The van der Waals surface area contributed by atoms with Gasteiger partial charge < -0.3 is 19.1 Å². The lowest BCUT2D eigenvalue weighted by Gasteiger charge is -2.29. The Morgan fingerprint density at radius 1 is 1.00 bits per heavy atom. The summed E-state index contributed by atoms with van der Waals surface area (Å²) in [5, 5.41) is 8.63. The maximum absolute atomic E-state index is 13.4. The lowest BCUT2D eigenvalue weighted by molar-refractivity contribution is -0.127. The number of rotatable bonds is 8. The molecule has 5 rings (SSSR count). The van der Waals surface area contributed by atoms with Crippen LogP contribution in [-0.4, -0.2) is 16.4 Å². The zero-order valence-corrected chi connectivity index (χ0v) is 17.9. The Hall–Kier alpha value is -3.77. The van der Waals surface area contributed by atoms with Crippen molar-refractivity contribution in [3.63, 3.8) is 0 Å². The van der Waals surface area contributed by atoms with E-state index in [0.29, 0.717) is 25.3 Å². The van der Waals surface area contributed by atoms with E-state index >= 15 is 0 Å². The van der Waals surface area contributed by atoms with Gasteiger partial charge in [-0.1, -0.05) is 36.4 Å². The van der Waals surface area contributed by atoms with Crippen LogP contribution >= 0.6 is 0 Å². The molecule has 6 nitrogen and oxygen atoms in total. The second-order valence-corrected chi connectivity index (χ2v) is 8.23. The van der Waals surface area contributed by atoms with Crippen molar-refractivity contribution in [3.05, 3.63) is 96.3 Å². The highest BCUT2D eigenvalue weighted by molar-refractivity contribution is 5.88. The molecule has 0 aliphatic heterocycles. The number of fused-ring (bicyclic) bond motifs is 2. The summed E-state index contributed by atoms with van der Waals surface area (Å²) in [6.45, 7) is 2.69. The number of carbonyl (C=O) groups is 1. The fraction of sp³-hybridized carbons (Fsp3) is 0.192. The first-order valence-corrected chi connectivity index (χ1v) is 10.7. The first-order chi connectivity index (χ1) is 15.6. The number of amides is 1. The van der Waals surface area contributed by atoms with Crippen LogP contribution in [-0.2, 0) is 24.3 Å². The van der Waals surface area contributed by atoms with E-state index in [-0.39, 0.29) is 5.91 Å². The van der Waals surface area contributed by atoms with Gasteiger partial charge in [0, 0.05) is 28.9 Å². The van der Waals surface area contributed by atoms with Gasteiger partial charge in [-0.2, -0.15) is 0 Å². The summed E-state index contributed by atoms with van der Waals surface area (Å²) in [6, 6.07) is 21.7. The van der Waals surface area contributed by atoms with Gasteiger partial charge in [0.25, 0.3) is 0 Å². The average Bonchev–Trinajstić information content (AvgIpc) is 3.56. The third kappa shape index (κ3) is 4.05. The molecule has 0 saturated carbocycles. The Balaban J connectivity index is 1.39. The van der Waals surface area contributed by atoms with Gasteiger partial charge in [0.1, 0.15) is 17.1 Å². The molecule has 32 heavy (non-hydrogen) atoms. The normalized spacial score (nSPS) is 13.4. The molecule has 0 fully saturated rings. The number of para-hydroxylation sites is 2. The fourth-order valence-electron chi connectivity index (χ4n) is 4.06. The van der Waals surface area contributed by atoms with E-state index in [1.54, 1.807) is 6.26 Å². The largest absolute Gasteiger partial charge is 0.467 e. The van der Waals surface area contributed by atoms with Crippen molar-refractivity contribution in [2.24, 2.45) is 0 Å². The van der Waals surface area contributed by atoms with Gasteiger partial charge in [0.2, 0.25) is 5.91 Å². The summed E-state index contributed by atoms with van der Waals surface area (Å²) < 4.78 is 11.3. The standard InChI is InChI=1S/C26H25N3O3/c1-26(25(30)28-16-20-8-6-12-31-20,14-19-15-27-23-10-4-3-9-22(19)23)29-17-21-13-18-7-2-5-11-24(18)32-21/h2-13,15,27,29H,14,16-17H2,1H3,(H,28,30). The number of hydrogen-bond acceptors (Lipinski definition) is 4. The lowest BCUT2D eigenvalue weighted by Crippen LogP contribution is -2.55. The second kappa shape index (κ2) is 8.40. The number of H-pyrrole nitrogens is 1. The van der Waals surface area contributed by atoms with Gasteiger partial charge in [-0.25, -0.2) is 0 Å². The summed E-state index contributed by atoms with van der Waals surface area (Å²) in [5.74, 6) is 1.40. The Labute approximate surface area is 185 Å². The first kappa shape index (κ1) is 20.2. The maximum atomic E-state index is 13.4.